The van der Waals surface area contributed by atoms with Gasteiger partial charge in [0.25, 0.3) is 5.92 Å². The van der Waals surface area contributed by atoms with Gasteiger partial charge in [-0.1, -0.05) is 31.5 Å². The van der Waals surface area contributed by atoms with E-state index < -0.39 is 35.3 Å². The van der Waals surface area contributed by atoms with Crippen LogP contribution in [0.4, 0.5) is 13.2 Å². The molecule has 0 saturated heterocycles. The first-order chi connectivity index (χ1) is 8.18. The molecule has 0 N–H and O–H groups in total. The molecule has 0 heterocycles. The monoisotopic (exact) mass is 276 g/mol. The predicted octanol–water partition coefficient (Wildman–Crippen LogP) is 4.34. The van der Waals surface area contributed by atoms with E-state index in [0.717, 1.165) is 6.07 Å². The molecule has 5 heteroatoms. The summed E-state index contributed by atoms with van der Waals surface area (Å²) < 4.78 is 40.3. The highest BCUT2D eigenvalue weighted by molar-refractivity contribution is 6.34. The van der Waals surface area contributed by atoms with E-state index in [9.17, 15) is 18.0 Å². The van der Waals surface area contributed by atoms with Crippen molar-refractivity contribution in [1.29, 1.82) is 0 Å². The number of hydrogen-bond donors (Lipinski definition) is 0. The molecule has 1 unspecified atom stereocenters. The average Bonchev–Trinajstić information content (AvgIpc) is 2.25. The standard InChI is InChI=1S/C13H12ClF3O/c1-12(2)7(6-13(12,16)17)11(18)10-8(14)4-3-5-9(10)15/h3-5,7H,6H2,1-2H3. The van der Waals surface area contributed by atoms with Crippen molar-refractivity contribution in [2.24, 2.45) is 11.3 Å². The van der Waals surface area contributed by atoms with E-state index in [1.165, 1.54) is 26.0 Å². The van der Waals surface area contributed by atoms with Crippen LogP contribution in [0.5, 0.6) is 0 Å². The normalized spacial score (nSPS) is 24.4. The van der Waals surface area contributed by atoms with Gasteiger partial charge in [-0.05, 0) is 12.1 Å². The predicted molar refractivity (Wildman–Crippen MR) is 62.6 cm³/mol. The van der Waals surface area contributed by atoms with Gasteiger partial charge < -0.3 is 0 Å². The summed E-state index contributed by atoms with van der Waals surface area (Å²) in [6.07, 6.45) is -0.552. The van der Waals surface area contributed by atoms with Crippen LogP contribution >= 0.6 is 11.6 Å². The Bertz CT molecular complexity index is 491. The van der Waals surface area contributed by atoms with E-state index in [0.29, 0.717) is 0 Å². The molecule has 0 amide bonds. The lowest BCUT2D eigenvalue weighted by molar-refractivity contribution is -0.211. The molecule has 1 nitrogen and oxygen atoms in total. The molecule has 1 saturated carbocycles. The highest BCUT2D eigenvalue weighted by Crippen LogP contribution is 2.58. The molecule has 0 aromatic heterocycles. The summed E-state index contributed by atoms with van der Waals surface area (Å²) in [5, 5.41) is -0.0361. The third-order valence-corrected chi connectivity index (χ3v) is 4.11. The fourth-order valence-electron chi connectivity index (χ4n) is 2.23. The number of benzene rings is 1. The van der Waals surface area contributed by atoms with Gasteiger partial charge in [0.1, 0.15) is 5.82 Å². The van der Waals surface area contributed by atoms with Crippen LogP contribution in [0.3, 0.4) is 0 Å². The van der Waals surface area contributed by atoms with Crippen molar-refractivity contribution in [3.63, 3.8) is 0 Å². The minimum absolute atomic E-state index is 0.0361. The van der Waals surface area contributed by atoms with Gasteiger partial charge in [-0.3, -0.25) is 4.79 Å². The van der Waals surface area contributed by atoms with Gasteiger partial charge in [0.15, 0.2) is 5.78 Å². The molecule has 98 valence electrons. The first-order valence-corrected chi connectivity index (χ1v) is 5.92. The van der Waals surface area contributed by atoms with Crippen molar-refractivity contribution < 1.29 is 18.0 Å². The van der Waals surface area contributed by atoms with Crippen LogP contribution in [0.15, 0.2) is 18.2 Å². The summed E-state index contributed by atoms with van der Waals surface area (Å²) in [7, 11) is 0. The molecule has 1 aromatic carbocycles. The lowest BCUT2D eigenvalue weighted by Crippen LogP contribution is -2.57. The van der Waals surface area contributed by atoms with Crippen LogP contribution in [-0.4, -0.2) is 11.7 Å². The first kappa shape index (κ1) is 13.4. The van der Waals surface area contributed by atoms with Crippen LogP contribution in [0.1, 0.15) is 30.6 Å². The van der Waals surface area contributed by atoms with E-state index in [4.69, 9.17) is 11.6 Å². The minimum Gasteiger partial charge on any atom is -0.294 e. The molecule has 1 atom stereocenters. The summed E-state index contributed by atoms with van der Waals surface area (Å²) in [6.45, 7) is 2.63. The van der Waals surface area contributed by atoms with Crippen molar-refractivity contribution >= 4 is 17.4 Å². The number of halogens is 4. The first-order valence-electron chi connectivity index (χ1n) is 5.54. The second-order valence-electron chi connectivity index (χ2n) is 5.14. The van der Waals surface area contributed by atoms with E-state index in [1.54, 1.807) is 0 Å². The average molecular weight is 277 g/mol. The summed E-state index contributed by atoms with van der Waals surface area (Å²) in [5.41, 5.74) is -1.75. The molecule has 0 bridgehead atoms. The third-order valence-electron chi connectivity index (χ3n) is 3.80. The van der Waals surface area contributed by atoms with Gasteiger partial charge in [-0.2, -0.15) is 0 Å². The second-order valence-corrected chi connectivity index (χ2v) is 5.55. The number of rotatable bonds is 2. The molecular formula is C13H12ClF3O. The van der Waals surface area contributed by atoms with Gasteiger partial charge in [0.05, 0.1) is 10.6 Å². The van der Waals surface area contributed by atoms with Crippen molar-refractivity contribution in [3.8, 4) is 0 Å². The van der Waals surface area contributed by atoms with Crippen LogP contribution in [0, 0.1) is 17.2 Å². The highest BCUT2D eigenvalue weighted by atomic mass is 35.5. The van der Waals surface area contributed by atoms with Crippen molar-refractivity contribution in [2.75, 3.05) is 0 Å². The fraction of sp³-hybridized carbons (Fsp3) is 0.462. The molecule has 2 rings (SSSR count). The molecule has 0 spiro atoms. The van der Waals surface area contributed by atoms with Crippen LogP contribution in [-0.2, 0) is 0 Å². The number of ketones is 1. The quantitative estimate of drug-likeness (QED) is 0.734. The van der Waals surface area contributed by atoms with Crippen LogP contribution in [0.2, 0.25) is 5.02 Å². The van der Waals surface area contributed by atoms with Gasteiger partial charge in [-0.15, -0.1) is 0 Å². The maximum absolute atomic E-state index is 13.6. The molecular weight excluding hydrogens is 265 g/mol. The van der Waals surface area contributed by atoms with Gasteiger partial charge in [0.2, 0.25) is 0 Å². The SMILES string of the molecule is CC1(C)C(C(=O)c2c(F)cccc2Cl)CC1(F)F. The largest absolute Gasteiger partial charge is 0.294 e. The topological polar surface area (TPSA) is 17.1 Å². The highest BCUT2D eigenvalue weighted by Gasteiger charge is 2.65. The molecule has 1 aromatic rings. The van der Waals surface area contributed by atoms with Crippen LogP contribution < -0.4 is 0 Å². The Balaban J connectivity index is 2.35. The maximum atomic E-state index is 13.6. The zero-order valence-corrected chi connectivity index (χ0v) is 10.7. The molecule has 18 heavy (non-hydrogen) atoms. The Labute approximate surface area is 108 Å². The van der Waals surface area contributed by atoms with Crippen molar-refractivity contribution in [2.45, 2.75) is 26.2 Å². The molecule has 1 aliphatic rings. The second kappa shape index (κ2) is 3.98. The molecule has 1 fully saturated rings. The van der Waals surface area contributed by atoms with E-state index in [2.05, 4.69) is 0 Å². The van der Waals surface area contributed by atoms with E-state index in [1.807, 2.05) is 0 Å². The Morgan fingerprint density at radius 1 is 1.39 bits per heavy atom. The van der Waals surface area contributed by atoms with Crippen molar-refractivity contribution in [3.05, 3.63) is 34.6 Å². The zero-order valence-electron chi connectivity index (χ0n) is 9.94. The summed E-state index contributed by atoms with van der Waals surface area (Å²) in [6, 6.07) is 3.85. The van der Waals surface area contributed by atoms with Crippen molar-refractivity contribution in [1.82, 2.24) is 0 Å². The van der Waals surface area contributed by atoms with Gasteiger partial charge in [0, 0.05) is 17.8 Å². The molecule has 1 aliphatic carbocycles. The fourth-order valence-corrected chi connectivity index (χ4v) is 2.48. The number of hydrogen-bond acceptors (Lipinski definition) is 1. The Kier molecular flexibility index (Phi) is 2.97. The van der Waals surface area contributed by atoms with E-state index >= 15 is 0 Å². The number of carbonyl (C=O) groups is 1. The Morgan fingerprint density at radius 2 is 2.00 bits per heavy atom. The number of alkyl halides is 2. The third kappa shape index (κ3) is 1.74. The Morgan fingerprint density at radius 3 is 2.44 bits per heavy atom. The maximum Gasteiger partial charge on any atom is 0.254 e. The number of Topliss-reactive ketones (excluding diaryl/α,β-unsaturated/α-hetero) is 1. The molecule has 0 aliphatic heterocycles. The minimum atomic E-state index is -2.90. The lowest BCUT2D eigenvalue weighted by Gasteiger charge is -2.50. The zero-order chi connectivity index (χ0) is 13.7. The summed E-state index contributed by atoms with van der Waals surface area (Å²) >= 11 is 5.77. The van der Waals surface area contributed by atoms with Crippen LogP contribution in [0.25, 0.3) is 0 Å². The summed E-state index contributed by atoms with van der Waals surface area (Å²) in [4.78, 5) is 12.1. The van der Waals surface area contributed by atoms with Gasteiger partial charge >= 0.3 is 0 Å². The lowest BCUT2D eigenvalue weighted by atomic mass is 9.57. The Hall–Kier alpha value is -1.03. The van der Waals surface area contributed by atoms with Gasteiger partial charge in [-0.25, -0.2) is 13.2 Å². The summed E-state index contributed by atoms with van der Waals surface area (Å²) in [5.74, 6) is -5.21. The number of carbonyl (C=O) groups excluding carboxylic acids is 1. The molecule has 0 radical (unpaired) electrons. The van der Waals surface area contributed by atoms with E-state index in [-0.39, 0.29) is 10.6 Å². The smallest absolute Gasteiger partial charge is 0.254 e.